The molecule has 8 fully saturated rings. The Hall–Kier alpha value is -5.01. The Kier molecular flexibility index (Phi) is 12.4. The van der Waals surface area contributed by atoms with Crippen LogP contribution in [0.1, 0.15) is 136 Å². The summed E-state index contributed by atoms with van der Waals surface area (Å²) in [7, 11) is 0. The number of hydrogen-bond donors (Lipinski definition) is 4. The van der Waals surface area contributed by atoms with Gasteiger partial charge in [0.2, 0.25) is 0 Å². The lowest BCUT2D eigenvalue weighted by molar-refractivity contribution is -0.178. The normalized spacial score (nSPS) is 39.5. The second kappa shape index (κ2) is 18.3. The molecule has 12 rings (SSSR count). The number of benzene rings is 2. The number of cyclic esters (lactones) is 1. The van der Waals surface area contributed by atoms with E-state index >= 15 is 0 Å². The third-order valence-electron chi connectivity index (χ3n) is 20.7. The first-order valence-electron chi connectivity index (χ1n) is 28.0. The number of epoxide rings is 2. The molecule has 10 aliphatic rings. The van der Waals surface area contributed by atoms with Gasteiger partial charge in [-0.25, -0.2) is 14.4 Å². The zero-order valence-electron chi connectivity index (χ0n) is 44.0. The fourth-order valence-corrected chi connectivity index (χ4v) is 16.3. The van der Waals surface area contributed by atoms with E-state index in [0.717, 1.165) is 72.8 Å². The van der Waals surface area contributed by atoms with Gasteiger partial charge in [-0.15, -0.1) is 0 Å². The van der Waals surface area contributed by atoms with Crippen molar-refractivity contribution in [3.63, 3.8) is 0 Å². The molecule has 2 aromatic rings. The predicted molar refractivity (Wildman–Crippen MR) is 281 cm³/mol. The van der Waals surface area contributed by atoms with Crippen LogP contribution >= 0.6 is 0 Å². The van der Waals surface area contributed by atoms with Gasteiger partial charge in [-0.2, -0.15) is 0 Å². The molecule has 4 N–H and O–H groups in total. The number of nitrogens with one attached hydrogen (secondary N) is 2. The summed E-state index contributed by atoms with van der Waals surface area (Å²) in [6.45, 7) is 15.5. The van der Waals surface area contributed by atoms with E-state index in [1.807, 2.05) is 62.4 Å². The largest absolute Gasteiger partial charge is 0.458 e. The third-order valence-corrected chi connectivity index (χ3v) is 20.7. The number of fused-ring (bicyclic) bond motifs is 3. The molecule has 2 spiro atoms. The third kappa shape index (κ3) is 8.08. The quantitative estimate of drug-likeness (QED) is 0.0695. The Balaban J connectivity index is 0.639. The predicted octanol–water partition coefficient (Wildman–Crippen LogP) is 11.6. The monoisotopic (exact) mass is 1010 g/mol. The number of carbonyl (C=O) groups is 3. The summed E-state index contributed by atoms with van der Waals surface area (Å²) < 4.78 is 31.3. The van der Waals surface area contributed by atoms with Crippen molar-refractivity contribution in [3.05, 3.63) is 118 Å². The van der Waals surface area contributed by atoms with Crippen LogP contribution in [0.15, 0.2) is 107 Å². The molecule has 2 amide bonds. The number of aliphatic hydroxyl groups is 2. The number of esters is 1. The highest BCUT2D eigenvalue weighted by Gasteiger charge is 2.95. The van der Waals surface area contributed by atoms with Crippen LogP contribution in [0.3, 0.4) is 0 Å². The number of rotatable bonds is 12. The first kappa shape index (κ1) is 49.8. The molecule has 0 bridgehead atoms. The Labute approximate surface area is 436 Å². The van der Waals surface area contributed by atoms with Crippen molar-refractivity contribution in [1.29, 1.82) is 0 Å². The Morgan fingerprint density at radius 1 is 0.838 bits per heavy atom. The summed E-state index contributed by atoms with van der Waals surface area (Å²) in [5.74, 6) is 1.44. The molecular formula is C62H76N2O10. The first-order chi connectivity index (χ1) is 35.5. The van der Waals surface area contributed by atoms with Crippen molar-refractivity contribution in [2.45, 2.75) is 178 Å². The maximum absolute atomic E-state index is 13.9. The van der Waals surface area contributed by atoms with Crippen LogP contribution in [-0.4, -0.2) is 82.3 Å². The van der Waals surface area contributed by atoms with Crippen LogP contribution in [0.5, 0.6) is 0 Å². The topological polar surface area (TPSA) is 168 Å². The van der Waals surface area contributed by atoms with Crippen molar-refractivity contribution >= 4 is 29.5 Å². The summed E-state index contributed by atoms with van der Waals surface area (Å²) in [6.07, 6.45) is 19.7. The minimum atomic E-state index is -1.37. The molecule has 2 aromatic carbocycles. The lowest BCUT2D eigenvalue weighted by atomic mass is 9.46. The van der Waals surface area contributed by atoms with Crippen LogP contribution < -0.4 is 10.6 Å². The van der Waals surface area contributed by atoms with Gasteiger partial charge in [-0.3, -0.25) is 10.6 Å². The van der Waals surface area contributed by atoms with Crippen molar-refractivity contribution in [3.8, 4) is 0 Å². The van der Waals surface area contributed by atoms with Crippen molar-refractivity contribution < 1.29 is 48.3 Å². The SMILES string of the molecule is C=C1/C(=C\C=C2/CCC[C@@]3(C)C2CCC3[C@@H](C)/C=C/C(OC(=O)Nc2ccc(Cc3ccc(NC(=O)O[C@H]4[C@]56O[C@H]5CC5C7=C(CC[C@]5(C)[C@@]65O[C@H]5C[C@@]4(O)C(C)C)C(=O)OC7)cc3)cc2)C2CC2)CCC[C@@H]1O. The van der Waals surface area contributed by atoms with Gasteiger partial charge in [-0.1, -0.05) is 89.3 Å². The second-order valence-electron chi connectivity index (χ2n) is 24.9. The smallest absolute Gasteiger partial charge is 0.412 e. The van der Waals surface area contributed by atoms with Gasteiger partial charge < -0.3 is 33.9 Å². The van der Waals surface area contributed by atoms with E-state index in [1.165, 1.54) is 31.3 Å². The lowest BCUT2D eigenvalue weighted by Crippen LogP contribution is -2.72. The van der Waals surface area contributed by atoms with E-state index in [1.54, 1.807) is 5.57 Å². The van der Waals surface area contributed by atoms with E-state index in [9.17, 15) is 24.6 Å². The van der Waals surface area contributed by atoms with E-state index in [2.05, 4.69) is 62.3 Å². The Bertz CT molecular complexity index is 2740. The summed E-state index contributed by atoms with van der Waals surface area (Å²) in [5, 5.41) is 28.6. The van der Waals surface area contributed by atoms with Gasteiger partial charge in [0.05, 0.1) is 18.3 Å². The fourth-order valence-electron chi connectivity index (χ4n) is 16.3. The van der Waals surface area contributed by atoms with Crippen LogP contribution in [0.4, 0.5) is 21.0 Å². The Morgan fingerprint density at radius 2 is 1.55 bits per heavy atom. The second-order valence-corrected chi connectivity index (χ2v) is 24.9. The number of ether oxygens (including phenoxy) is 5. The van der Waals surface area contributed by atoms with Crippen molar-refractivity contribution in [1.82, 2.24) is 0 Å². The summed E-state index contributed by atoms with van der Waals surface area (Å²) in [6, 6.07) is 15.4. The average Bonchev–Trinajstić information content (AvgIpc) is 4.40. The molecule has 394 valence electrons. The fraction of sp³-hybridized carbons (Fsp3) is 0.597. The number of aliphatic hydroxyl groups excluding tert-OH is 1. The molecule has 7 aliphatic carbocycles. The van der Waals surface area contributed by atoms with Crippen molar-refractivity contribution in [2.75, 3.05) is 17.2 Å². The standard InChI is InChI=1S/C62H76N2O10/c1-35(2)60(69)33-53-62(74-53)59(6)30-28-45-46(34-70-54(45)66)49(59)32-52-61(62,73-52)55(60)72-57(68)64-44-23-15-39(16-24-44)31-38-13-21-43(22-14-38)63-56(67)71-51(42-19-20-42)27-12-36(3)47-25-26-48-41(10-8-29-58(47,48)5)18-17-40-9-7-11-50(65)37(40)4/h12-18,21-24,27,35-36,42,47-53,55,65,69H,4,7-11,19-20,25-26,28-34H2,1-3,5-6H3,(H,63,67)(H,64,68)/b27-12+,40-17-,41-18+/t36-,47?,48?,49?,50-,51?,52-,53-,55+,58+,59-,60+,61+,62+/m0/s1. The van der Waals surface area contributed by atoms with Gasteiger partial charge in [0.15, 0.2) is 11.7 Å². The maximum Gasteiger partial charge on any atom is 0.412 e. The summed E-state index contributed by atoms with van der Waals surface area (Å²) in [4.78, 5) is 39.8. The van der Waals surface area contributed by atoms with Crippen molar-refractivity contribution in [2.24, 2.45) is 46.3 Å². The van der Waals surface area contributed by atoms with Gasteiger partial charge in [-0.05, 0) is 189 Å². The van der Waals surface area contributed by atoms with Crippen LogP contribution in [0.25, 0.3) is 0 Å². The summed E-state index contributed by atoms with van der Waals surface area (Å²) in [5.41, 5.74) is 5.61. The molecule has 12 heteroatoms. The van der Waals surface area contributed by atoms with E-state index in [-0.39, 0.29) is 46.9 Å². The van der Waals surface area contributed by atoms with Crippen LogP contribution in [-0.2, 0) is 34.9 Å². The number of amides is 2. The molecule has 4 unspecified atom stereocenters. The number of anilines is 2. The van der Waals surface area contributed by atoms with E-state index in [0.29, 0.717) is 67.3 Å². The van der Waals surface area contributed by atoms with Crippen LogP contribution in [0, 0.1) is 46.3 Å². The molecule has 14 atom stereocenters. The van der Waals surface area contributed by atoms with Gasteiger partial charge in [0.1, 0.15) is 23.9 Å². The molecular weight excluding hydrogens is 933 g/mol. The molecule has 74 heavy (non-hydrogen) atoms. The minimum Gasteiger partial charge on any atom is -0.458 e. The molecule has 3 aliphatic heterocycles. The van der Waals surface area contributed by atoms with Gasteiger partial charge in [0, 0.05) is 28.8 Å². The zero-order valence-corrected chi connectivity index (χ0v) is 44.0. The minimum absolute atomic E-state index is 0.0524. The van der Waals surface area contributed by atoms with Gasteiger partial charge in [0.25, 0.3) is 0 Å². The zero-order chi connectivity index (χ0) is 51.5. The molecule has 3 heterocycles. The highest BCUT2D eigenvalue weighted by atomic mass is 16.7. The molecule has 12 nitrogen and oxygen atoms in total. The molecule has 6 saturated carbocycles. The lowest BCUT2D eigenvalue weighted by Gasteiger charge is -2.56. The highest BCUT2D eigenvalue weighted by molar-refractivity contribution is 5.92. The van der Waals surface area contributed by atoms with E-state index in [4.69, 9.17) is 23.7 Å². The highest BCUT2D eigenvalue weighted by Crippen LogP contribution is 2.80. The summed E-state index contributed by atoms with van der Waals surface area (Å²) >= 11 is 0. The molecule has 2 saturated heterocycles. The van der Waals surface area contributed by atoms with Gasteiger partial charge >= 0.3 is 18.2 Å². The molecule has 0 aromatic heterocycles. The number of carbonyl (C=O) groups excluding carboxylic acids is 3. The first-order valence-corrected chi connectivity index (χ1v) is 28.0. The van der Waals surface area contributed by atoms with Crippen LogP contribution in [0.2, 0.25) is 0 Å². The average molecular weight is 1010 g/mol. The number of allylic oxidation sites excluding steroid dienone is 4. The van der Waals surface area contributed by atoms with E-state index < -0.39 is 41.2 Å². The Morgan fingerprint density at radius 3 is 2.26 bits per heavy atom. The number of hydrogen-bond acceptors (Lipinski definition) is 10. The molecule has 0 radical (unpaired) electrons. The maximum atomic E-state index is 13.9.